The van der Waals surface area contributed by atoms with E-state index in [4.69, 9.17) is 0 Å². The summed E-state index contributed by atoms with van der Waals surface area (Å²) in [6.07, 6.45) is 7.22. The summed E-state index contributed by atoms with van der Waals surface area (Å²) in [6, 6.07) is 9.90. The van der Waals surface area contributed by atoms with Gasteiger partial charge in [0.2, 0.25) is 0 Å². The first kappa shape index (κ1) is 15.7. The third-order valence-corrected chi connectivity index (χ3v) is 4.69. The number of hydrogen-bond acceptors (Lipinski definition) is 3. The number of aromatic carboxylic acids is 1. The van der Waals surface area contributed by atoms with E-state index in [1.54, 1.807) is 12.3 Å². The molecule has 128 valence electrons. The Morgan fingerprint density at radius 3 is 2.88 bits per heavy atom. The molecule has 0 amide bonds. The van der Waals surface area contributed by atoms with Crippen molar-refractivity contribution in [2.24, 2.45) is 0 Å². The molecule has 1 aliphatic rings. The van der Waals surface area contributed by atoms with Gasteiger partial charge in [-0.1, -0.05) is 6.92 Å². The van der Waals surface area contributed by atoms with E-state index in [9.17, 15) is 9.90 Å². The van der Waals surface area contributed by atoms with Crippen molar-refractivity contribution in [3.05, 3.63) is 53.9 Å². The number of pyridine rings is 1. The lowest BCUT2D eigenvalue weighted by atomic mass is 10.1. The van der Waals surface area contributed by atoms with Crippen molar-refractivity contribution >= 4 is 28.4 Å². The van der Waals surface area contributed by atoms with Gasteiger partial charge < -0.3 is 15.0 Å². The molecular weight excluding hydrogens is 314 g/mol. The summed E-state index contributed by atoms with van der Waals surface area (Å²) >= 11 is 0. The second kappa shape index (κ2) is 6.24. The molecule has 0 unspecified atom stereocenters. The summed E-state index contributed by atoms with van der Waals surface area (Å²) in [7, 11) is 0. The van der Waals surface area contributed by atoms with Gasteiger partial charge in [-0.25, -0.2) is 9.78 Å². The molecule has 1 aromatic carbocycles. The highest BCUT2D eigenvalue weighted by molar-refractivity contribution is 5.94. The van der Waals surface area contributed by atoms with Crippen LogP contribution in [-0.4, -0.2) is 20.6 Å². The topological polar surface area (TPSA) is 67.2 Å². The highest BCUT2D eigenvalue weighted by Crippen LogP contribution is 2.40. The second-order valence-corrected chi connectivity index (χ2v) is 6.65. The van der Waals surface area contributed by atoms with Crippen LogP contribution in [0.2, 0.25) is 0 Å². The molecule has 2 aromatic heterocycles. The van der Waals surface area contributed by atoms with E-state index in [0.717, 1.165) is 42.4 Å². The number of hydrogen-bond donors (Lipinski definition) is 2. The second-order valence-electron chi connectivity index (χ2n) is 6.65. The maximum absolute atomic E-state index is 11.6. The van der Waals surface area contributed by atoms with Crippen molar-refractivity contribution in [3.63, 3.8) is 0 Å². The first-order chi connectivity index (χ1) is 12.2. The van der Waals surface area contributed by atoms with Crippen LogP contribution in [0.5, 0.6) is 0 Å². The average Bonchev–Trinajstić information content (AvgIpc) is 3.38. The van der Waals surface area contributed by atoms with Crippen LogP contribution in [0, 0.1) is 0 Å². The monoisotopic (exact) mass is 335 g/mol. The van der Waals surface area contributed by atoms with Crippen molar-refractivity contribution in [2.45, 2.75) is 38.6 Å². The van der Waals surface area contributed by atoms with E-state index in [1.807, 2.05) is 12.1 Å². The number of carboxylic acid groups (broad SMARTS) is 1. The zero-order chi connectivity index (χ0) is 17.4. The smallest absolute Gasteiger partial charge is 0.339 e. The lowest BCUT2D eigenvalue weighted by Crippen LogP contribution is -2.06. The molecule has 2 N–H and O–H groups in total. The van der Waals surface area contributed by atoms with Crippen LogP contribution in [-0.2, 0) is 6.54 Å². The Morgan fingerprint density at radius 1 is 1.32 bits per heavy atom. The van der Waals surface area contributed by atoms with Gasteiger partial charge in [0, 0.05) is 35.5 Å². The quantitative estimate of drug-likeness (QED) is 0.681. The maximum atomic E-state index is 11.6. The van der Waals surface area contributed by atoms with Crippen molar-refractivity contribution in [1.29, 1.82) is 0 Å². The number of aromatic nitrogens is 2. The van der Waals surface area contributed by atoms with E-state index in [0.29, 0.717) is 11.7 Å². The molecule has 0 radical (unpaired) electrons. The number of carboxylic acids is 1. The Hall–Kier alpha value is -2.82. The Morgan fingerprint density at radius 2 is 2.16 bits per heavy atom. The number of nitrogens with one attached hydrogen (secondary N) is 1. The van der Waals surface area contributed by atoms with Gasteiger partial charge in [-0.15, -0.1) is 0 Å². The van der Waals surface area contributed by atoms with Crippen LogP contribution >= 0.6 is 0 Å². The average molecular weight is 335 g/mol. The Labute approximate surface area is 146 Å². The molecule has 1 saturated carbocycles. The summed E-state index contributed by atoms with van der Waals surface area (Å²) in [6.45, 7) is 3.15. The van der Waals surface area contributed by atoms with Gasteiger partial charge in [0.05, 0.1) is 0 Å². The minimum Gasteiger partial charge on any atom is -0.478 e. The minimum absolute atomic E-state index is 0.230. The van der Waals surface area contributed by atoms with Crippen LogP contribution in [0.25, 0.3) is 10.9 Å². The van der Waals surface area contributed by atoms with Crippen molar-refractivity contribution in [2.75, 3.05) is 5.32 Å². The summed E-state index contributed by atoms with van der Waals surface area (Å²) in [4.78, 5) is 16.0. The molecular formula is C20H21N3O2. The summed E-state index contributed by atoms with van der Waals surface area (Å²) in [5.41, 5.74) is 3.28. The third-order valence-electron chi connectivity index (χ3n) is 4.69. The number of carbonyl (C=O) groups is 1. The molecule has 2 heterocycles. The zero-order valence-electron chi connectivity index (χ0n) is 14.2. The van der Waals surface area contributed by atoms with E-state index in [-0.39, 0.29) is 5.56 Å². The molecule has 0 atom stereocenters. The van der Waals surface area contributed by atoms with E-state index >= 15 is 0 Å². The Balaban J connectivity index is 1.65. The lowest BCUT2D eigenvalue weighted by Gasteiger charge is -2.11. The zero-order valence-corrected chi connectivity index (χ0v) is 14.2. The first-order valence-corrected chi connectivity index (χ1v) is 8.75. The molecule has 4 rings (SSSR count). The van der Waals surface area contributed by atoms with Crippen LogP contribution in [0.4, 0.5) is 11.5 Å². The predicted octanol–water partition coefficient (Wildman–Crippen LogP) is 4.77. The molecule has 5 heteroatoms. The largest absolute Gasteiger partial charge is 0.478 e. The molecule has 1 aliphatic carbocycles. The molecule has 3 aromatic rings. The van der Waals surface area contributed by atoms with E-state index in [1.165, 1.54) is 5.52 Å². The molecule has 0 saturated heterocycles. The third kappa shape index (κ3) is 3.09. The number of benzene rings is 1. The van der Waals surface area contributed by atoms with E-state index in [2.05, 4.69) is 40.1 Å². The minimum atomic E-state index is -0.951. The van der Waals surface area contributed by atoms with Gasteiger partial charge in [-0.3, -0.25) is 0 Å². The van der Waals surface area contributed by atoms with Gasteiger partial charge in [-0.05, 0) is 61.1 Å². The number of rotatable bonds is 6. The molecule has 0 bridgehead atoms. The van der Waals surface area contributed by atoms with Crippen molar-refractivity contribution in [3.8, 4) is 0 Å². The predicted molar refractivity (Wildman–Crippen MR) is 98.7 cm³/mol. The fourth-order valence-electron chi connectivity index (χ4n) is 3.23. The van der Waals surface area contributed by atoms with Crippen molar-refractivity contribution in [1.82, 2.24) is 9.55 Å². The van der Waals surface area contributed by atoms with Crippen LogP contribution in [0.15, 0.2) is 42.7 Å². The van der Waals surface area contributed by atoms with E-state index < -0.39 is 5.97 Å². The van der Waals surface area contributed by atoms with Gasteiger partial charge in [-0.2, -0.15) is 0 Å². The number of anilines is 2. The molecule has 0 aliphatic heterocycles. The van der Waals surface area contributed by atoms with Gasteiger partial charge in [0.1, 0.15) is 11.4 Å². The first-order valence-electron chi connectivity index (χ1n) is 8.75. The van der Waals surface area contributed by atoms with Crippen LogP contribution in [0.3, 0.4) is 0 Å². The van der Waals surface area contributed by atoms with Gasteiger partial charge in [0.25, 0.3) is 0 Å². The summed E-state index contributed by atoms with van der Waals surface area (Å²) in [5, 5.41) is 13.8. The lowest BCUT2D eigenvalue weighted by molar-refractivity contribution is 0.0697. The SMILES string of the molecule is CCCn1ccc2cc(Nc3ncc(C4CC4)cc3C(=O)O)ccc21. The molecule has 0 spiro atoms. The fourth-order valence-corrected chi connectivity index (χ4v) is 3.23. The van der Waals surface area contributed by atoms with Crippen LogP contribution in [0.1, 0.15) is 48.0 Å². The van der Waals surface area contributed by atoms with Gasteiger partial charge in [0.15, 0.2) is 0 Å². The fraction of sp³-hybridized carbons (Fsp3) is 0.300. The Kier molecular flexibility index (Phi) is 3.92. The highest BCUT2D eigenvalue weighted by Gasteiger charge is 2.25. The molecule has 25 heavy (non-hydrogen) atoms. The normalized spacial score (nSPS) is 14.0. The van der Waals surface area contributed by atoms with Crippen LogP contribution < -0.4 is 5.32 Å². The maximum Gasteiger partial charge on any atom is 0.339 e. The number of nitrogens with zero attached hydrogens (tertiary/aromatic N) is 2. The molecule has 1 fully saturated rings. The standard InChI is InChI=1S/C20H21N3O2/c1-2-8-23-9-7-14-10-16(5-6-18(14)23)22-19-17(20(24)25)11-15(12-21-19)13-3-4-13/h5-7,9-13H,2-4,8H2,1H3,(H,21,22)(H,24,25). The Bertz CT molecular complexity index is 941. The van der Waals surface area contributed by atoms with Gasteiger partial charge >= 0.3 is 5.97 Å². The van der Waals surface area contributed by atoms with Crippen molar-refractivity contribution < 1.29 is 9.90 Å². The highest BCUT2D eigenvalue weighted by atomic mass is 16.4. The number of fused-ring (bicyclic) bond motifs is 1. The molecule has 5 nitrogen and oxygen atoms in total. The number of aryl methyl sites for hydroxylation is 1. The summed E-state index contributed by atoms with van der Waals surface area (Å²) in [5.74, 6) is -0.0775. The summed E-state index contributed by atoms with van der Waals surface area (Å²) < 4.78 is 2.23.